The Bertz CT molecular complexity index is 914. The highest BCUT2D eigenvalue weighted by atomic mass is 19.1. The minimum absolute atomic E-state index is 0.429. The summed E-state index contributed by atoms with van der Waals surface area (Å²) >= 11 is 0. The first-order valence-electron chi connectivity index (χ1n) is 8.93. The molecule has 0 bridgehead atoms. The molecule has 1 saturated carbocycles. The van der Waals surface area contributed by atoms with Gasteiger partial charge in [-0.25, -0.2) is 13.4 Å². The molecular weight excluding hydrogens is 334 g/mol. The Morgan fingerprint density at radius 3 is 2.65 bits per heavy atom. The molecule has 0 spiro atoms. The number of aromatic nitrogens is 1. The van der Waals surface area contributed by atoms with E-state index in [4.69, 9.17) is 0 Å². The number of pyridine rings is 1. The van der Waals surface area contributed by atoms with E-state index >= 15 is 0 Å². The Morgan fingerprint density at radius 1 is 1.19 bits per heavy atom. The summed E-state index contributed by atoms with van der Waals surface area (Å²) in [5.74, 6) is -0.0655. The van der Waals surface area contributed by atoms with Crippen LogP contribution in [0.3, 0.4) is 0 Å². The molecule has 26 heavy (non-hydrogen) atoms. The summed E-state index contributed by atoms with van der Waals surface area (Å²) in [6.45, 7) is 2.64. The highest BCUT2D eigenvalue weighted by Gasteiger charge is 2.29. The standard InChI is InChI=1S/C21H21F2N2O/c1-13(26)19-7-16(22)4-5-18(19)20-8-17(23)9-24-21(20)6-15-11-25(12-15)10-14-2-3-14/h4-5,7-9,11-14,26H,2-3,6,10H2,1H3/q+1/t13-/m1/s1. The lowest BCUT2D eigenvalue weighted by molar-refractivity contribution is -0.467. The van der Waals surface area contributed by atoms with Gasteiger partial charge in [-0.15, -0.1) is 0 Å². The number of halogens is 2. The summed E-state index contributed by atoms with van der Waals surface area (Å²) in [6, 6.07) is 5.60. The SMILES string of the molecule is C[C@@H](O)c1cc(F)ccc1-c1cc(F)cnc1CC1=C[N+](CC2CC2)=C1. The van der Waals surface area contributed by atoms with Crippen LogP contribution >= 0.6 is 0 Å². The molecule has 3 nitrogen and oxygen atoms in total. The first kappa shape index (κ1) is 17.0. The molecule has 2 aliphatic rings. The third-order valence-electron chi connectivity index (χ3n) is 4.89. The van der Waals surface area contributed by atoms with Gasteiger partial charge in [0.25, 0.3) is 0 Å². The Labute approximate surface area is 151 Å². The molecule has 1 N–H and O–H groups in total. The molecule has 134 valence electrons. The monoisotopic (exact) mass is 355 g/mol. The third-order valence-corrected chi connectivity index (χ3v) is 4.89. The van der Waals surface area contributed by atoms with Crippen molar-refractivity contribution >= 4 is 6.21 Å². The molecule has 1 atom stereocenters. The zero-order chi connectivity index (χ0) is 18.3. The quantitative estimate of drug-likeness (QED) is 0.795. The number of hydrogen-bond donors (Lipinski definition) is 1. The number of aliphatic hydroxyl groups excluding tert-OH is 1. The van der Waals surface area contributed by atoms with Gasteiger partial charge in [-0.2, -0.15) is 0 Å². The van der Waals surface area contributed by atoms with E-state index in [0.29, 0.717) is 28.8 Å². The normalized spacial score (nSPS) is 17.4. The van der Waals surface area contributed by atoms with Crippen LogP contribution in [-0.2, 0) is 6.42 Å². The Balaban J connectivity index is 1.64. The number of benzene rings is 1. The van der Waals surface area contributed by atoms with Gasteiger partial charge >= 0.3 is 0 Å². The zero-order valence-corrected chi connectivity index (χ0v) is 14.6. The van der Waals surface area contributed by atoms with Crippen LogP contribution in [0.2, 0.25) is 0 Å². The maximum atomic E-state index is 13.9. The minimum atomic E-state index is -0.861. The third kappa shape index (κ3) is 3.58. The molecule has 1 aliphatic carbocycles. The molecule has 5 heteroatoms. The fourth-order valence-corrected chi connectivity index (χ4v) is 3.37. The van der Waals surface area contributed by atoms with Gasteiger partial charge in [0.05, 0.1) is 23.6 Å². The maximum absolute atomic E-state index is 13.9. The number of rotatable bonds is 6. The molecule has 1 aromatic carbocycles. The molecule has 0 unspecified atom stereocenters. The van der Waals surface area contributed by atoms with Crippen LogP contribution in [-0.4, -0.2) is 27.4 Å². The zero-order valence-electron chi connectivity index (χ0n) is 14.6. The molecule has 0 amide bonds. The van der Waals surface area contributed by atoms with E-state index in [1.165, 1.54) is 37.2 Å². The molecule has 0 radical (unpaired) electrons. The molecular formula is C21H21F2N2O+. The van der Waals surface area contributed by atoms with Gasteiger partial charge in [0.1, 0.15) is 11.6 Å². The predicted molar refractivity (Wildman–Crippen MR) is 95.9 cm³/mol. The number of nitrogens with zero attached hydrogens (tertiary/aromatic N) is 2. The summed E-state index contributed by atoms with van der Waals surface area (Å²) in [5, 5.41) is 10.0. The second kappa shape index (κ2) is 6.72. The van der Waals surface area contributed by atoms with Crippen molar-refractivity contribution < 1.29 is 18.5 Å². The van der Waals surface area contributed by atoms with E-state index in [-0.39, 0.29) is 0 Å². The molecule has 2 aromatic rings. The van der Waals surface area contributed by atoms with Crippen LogP contribution in [0.1, 0.15) is 37.1 Å². The van der Waals surface area contributed by atoms with Crippen molar-refractivity contribution in [2.45, 2.75) is 32.3 Å². The first-order valence-corrected chi connectivity index (χ1v) is 8.93. The van der Waals surface area contributed by atoms with Gasteiger partial charge < -0.3 is 5.11 Å². The molecule has 1 fully saturated rings. The molecule has 4 rings (SSSR count). The van der Waals surface area contributed by atoms with Crippen molar-refractivity contribution in [1.82, 2.24) is 4.98 Å². The van der Waals surface area contributed by atoms with Crippen LogP contribution in [0.25, 0.3) is 11.1 Å². The van der Waals surface area contributed by atoms with Crippen molar-refractivity contribution in [2.24, 2.45) is 5.92 Å². The molecule has 1 aromatic heterocycles. The lowest BCUT2D eigenvalue weighted by Crippen LogP contribution is -2.21. The highest BCUT2D eigenvalue weighted by Crippen LogP contribution is 2.33. The van der Waals surface area contributed by atoms with E-state index in [1.54, 1.807) is 13.0 Å². The average Bonchev–Trinajstić information content (AvgIpc) is 3.38. The van der Waals surface area contributed by atoms with Gasteiger partial charge in [-0.05, 0) is 49.1 Å². The van der Waals surface area contributed by atoms with Crippen LogP contribution in [0, 0.1) is 17.6 Å². The number of allylic oxidation sites excluding steroid dienone is 1. The van der Waals surface area contributed by atoms with Crippen LogP contribution in [0.4, 0.5) is 8.78 Å². The smallest absolute Gasteiger partial charge is 0.178 e. The van der Waals surface area contributed by atoms with Crippen molar-refractivity contribution in [3.8, 4) is 11.1 Å². The summed E-state index contributed by atoms with van der Waals surface area (Å²) in [4.78, 5) is 4.27. The van der Waals surface area contributed by atoms with E-state index in [2.05, 4.69) is 22.0 Å². The predicted octanol–water partition coefficient (Wildman–Crippen LogP) is 4.01. The van der Waals surface area contributed by atoms with Gasteiger partial charge in [-0.1, -0.05) is 6.07 Å². The summed E-state index contributed by atoms with van der Waals surface area (Å²) < 4.78 is 29.7. The van der Waals surface area contributed by atoms with Gasteiger partial charge in [-0.3, -0.25) is 4.98 Å². The Kier molecular flexibility index (Phi) is 4.41. The lowest BCUT2D eigenvalue weighted by atomic mass is 9.93. The highest BCUT2D eigenvalue weighted by molar-refractivity contribution is 5.80. The molecule has 1 aliphatic heterocycles. The Morgan fingerprint density at radius 2 is 1.96 bits per heavy atom. The largest absolute Gasteiger partial charge is 0.389 e. The van der Waals surface area contributed by atoms with Crippen molar-refractivity contribution in [3.63, 3.8) is 0 Å². The van der Waals surface area contributed by atoms with Crippen molar-refractivity contribution in [3.05, 3.63) is 65.1 Å². The van der Waals surface area contributed by atoms with E-state index < -0.39 is 17.7 Å². The summed E-state index contributed by atoms with van der Waals surface area (Å²) in [6.07, 6.45) is 7.74. The summed E-state index contributed by atoms with van der Waals surface area (Å²) in [5.41, 5.74) is 3.48. The van der Waals surface area contributed by atoms with Gasteiger partial charge in [0.2, 0.25) is 0 Å². The van der Waals surface area contributed by atoms with Crippen molar-refractivity contribution in [2.75, 3.05) is 6.54 Å². The lowest BCUT2D eigenvalue weighted by Gasteiger charge is -2.16. The fraction of sp³-hybridized carbons (Fsp3) is 0.333. The topological polar surface area (TPSA) is 36.1 Å². The number of aliphatic hydroxyl groups is 1. The Hall–Kier alpha value is -2.40. The minimum Gasteiger partial charge on any atom is -0.389 e. The number of hydrogen-bond acceptors (Lipinski definition) is 2. The van der Waals surface area contributed by atoms with Crippen LogP contribution in [0.15, 0.2) is 42.2 Å². The maximum Gasteiger partial charge on any atom is 0.178 e. The van der Waals surface area contributed by atoms with E-state index in [9.17, 15) is 13.9 Å². The van der Waals surface area contributed by atoms with Crippen LogP contribution < -0.4 is 0 Å². The molecule has 0 saturated heterocycles. The fourth-order valence-electron chi connectivity index (χ4n) is 3.37. The second-order valence-electron chi connectivity index (χ2n) is 7.21. The van der Waals surface area contributed by atoms with Gasteiger partial charge in [0, 0.05) is 17.9 Å². The summed E-state index contributed by atoms with van der Waals surface area (Å²) in [7, 11) is 0. The van der Waals surface area contributed by atoms with E-state index in [0.717, 1.165) is 18.0 Å². The first-order chi connectivity index (χ1) is 12.5. The second-order valence-corrected chi connectivity index (χ2v) is 7.21. The average molecular weight is 355 g/mol. The van der Waals surface area contributed by atoms with Crippen molar-refractivity contribution in [1.29, 1.82) is 0 Å². The van der Waals surface area contributed by atoms with Gasteiger partial charge in [0.15, 0.2) is 19.0 Å². The molecule has 2 heterocycles. The van der Waals surface area contributed by atoms with E-state index in [1.807, 2.05) is 0 Å². The van der Waals surface area contributed by atoms with Crippen LogP contribution in [0.5, 0.6) is 0 Å².